The van der Waals surface area contributed by atoms with Gasteiger partial charge >= 0.3 is 0 Å². The number of primary amides is 1. The first-order valence-corrected chi connectivity index (χ1v) is 4.66. The SMILES string of the molecule is CC(C)(C)CCC1(C(N)=O)CC1. The average Bonchev–Trinajstić information content (AvgIpc) is 2.61. The molecule has 1 aliphatic rings. The van der Waals surface area contributed by atoms with Crippen LogP contribution < -0.4 is 5.73 Å². The Kier molecular flexibility index (Phi) is 2.19. The van der Waals surface area contributed by atoms with Crippen molar-refractivity contribution in [1.82, 2.24) is 0 Å². The van der Waals surface area contributed by atoms with Crippen LogP contribution in [0, 0.1) is 10.8 Å². The topological polar surface area (TPSA) is 43.1 Å². The van der Waals surface area contributed by atoms with Gasteiger partial charge in [0.1, 0.15) is 0 Å². The summed E-state index contributed by atoms with van der Waals surface area (Å²) in [5.41, 5.74) is 5.54. The molecule has 0 aromatic carbocycles. The van der Waals surface area contributed by atoms with Gasteiger partial charge in [-0.2, -0.15) is 0 Å². The fourth-order valence-electron chi connectivity index (χ4n) is 1.38. The maximum absolute atomic E-state index is 11.0. The fourth-order valence-corrected chi connectivity index (χ4v) is 1.38. The quantitative estimate of drug-likeness (QED) is 0.690. The minimum absolute atomic E-state index is 0.0910. The Bertz CT molecular complexity index is 187. The highest BCUT2D eigenvalue weighted by Gasteiger charge is 2.48. The van der Waals surface area contributed by atoms with Gasteiger partial charge in [0, 0.05) is 5.41 Å². The Balaban J connectivity index is 2.37. The molecule has 0 radical (unpaired) electrons. The van der Waals surface area contributed by atoms with Crippen molar-refractivity contribution in [2.24, 2.45) is 16.6 Å². The van der Waals surface area contributed by atoms with E-state index in [-0.39, 0.29) is 11.3 Å². The maximum atomic E-state index is 11.0. The van der Waals surface area contributed by atoms with Crippen LogP contribution in [-0.2, 0) is 4.79 Å². The molecule has 0 heterocycles. The zero-order chi connectivity index (χ0) is 9.41. The van der Waals surface area contributed by atoms with Crippen LogP contribution in [0.4, 0.5) is 0 Å². The third kappa shape index (κ3) is 2.23. The molecule has 2 heteroatoms. The van der Waals surface area contributed by atoms with Crippen molar-refractivity contribution in [1.29, 1.82) is 0 Å². The summed E-state index contributed by atoms with van der Waals surface area (Å²) in [7, 11) is 0. The van der Waals surface area contributed by atoms with E-state index in [9.17, 15) is 4.79 Å². The normalized spacial score (nSPS) is 20.6. The van der Waals surface area contributed by atoms with Crippen molar-refractivity contribution >= 4 is 5.91 Å². The van der Waals surface area contributed by atoms with Crippen LogP contribution in [0.3, 0.4) is 0 Å². The number of nitrogens with two attached hydrogens (primary N) is 1. The van der Waals surface area contributed by atoms with Crippen molar-refractivity contribution in [3.8, 4) is 0 Å². The molecular formula is C10H19NO. The predicted octanol–water partition coefficient (Wildman–Crippen LogP) is 2.08. The number of rotatable bonds is 3. The second kappa shape index (κ2) is 2.75. The lowest BCUT2D eigenvalue weighted by molar-refractivity contribution is -0.123. The molecule has 0 unspecified atom stereocenters. The number of carbonyl (C=O) groups is 1. The van der Waals surface area contributed by atoms with E-state index in [1.54, 1.807) is 0 Å². The maximum Gasteiger partial charge on any atom is 0.223 e. The largest absolute Gasteiger partial charge is 0.369 e. The number of hydrogen-bond acceptors (Lipinski definition) is 1. The minimum atomic E-state index is -0.104. The Morgan fingerprint density at radius 1 is 1.42 bits per heavy atom. The van der Waals surface area contributed by atoms with Gasteiger partial charge in [-0.1, -0.05) is 20.8 Å². The smallest absolute Gasteiger partial charge is 0.223 e. The van der Waals surface area contributed by atoms with Crippen LogP contribution >= 0.6 is 0 Å². The number of amides is 1. The molecule has 2 nitrogen and oxygen atoms in total. The third-order valence-corrected chi connectivity index (χ3v) is 2.73. The first-order chi connectivity index (χ1) is 5.36. The van der Waals surface area contributed by atoms with Crippen LogP contribution in [-0.4, -0.2) is 5.91 Å². The molecule has 1 amide bonds. The lowest BCUT2D eigenvalue weighted by Crippen LogP contribution is -2.25. The van der Waals surface area contributed by atoms with Gasteiger partial charge in [0.25, 0.3) is 0 Å². The van der Waals surface area contributed by atoms with Gasteiger partial charge in [0.2, 0.25) is 5.91 Å². The highest BCUT2D eigenvalue weighted by atomic mass is 16.1. The summed E-state index contributed by atoms with van der Waals surface area (Å²) in [6.45, 7) is 6.60. The molecule has 0 bridgehead atoms. The standard InChI is InChI=1S/C10H19NO/c1-9(2,3)4-5-10(6-7-10)8(11)12/h4-7H2,1-3H3,(H2,11,12). The predicted molar refractivity (Wildman–Crippen MR) is 49.6 cm³/mol. The number of hydrogen-bond donors (Lipinski definition) is 1. The van der Waals surface area contributed by atoms with E-state index in [0.717, 1.165) is 25.7 Å². The second-order valence-electron chi connectivity index (χ2n) is 5.21. The van der Waals surface area contributed by atoms with Gasteiger partial charge in [-0.05, 0) is 31.1 Å². The third-order valence-electron chi connectivity index (χ3n) is 2.73. The van der Waals surface area contributed by atoms with Crippen molar-refractivity contribution in [3.63, 3.8) is 0 Å². The van der Waals surface area contributed by atoms with Gasteiger partial charge in [-0.3, -0.25) is 4.79 Å². The van der Waals surface area contributed by atoms with E-state index >= 15 is 0 Å². The molecule has 1 rings (SSSR count). The van der Waals surface area contributed by atoms with Crippen molar-refractivity contribution in [2.75, 3.05) is 0 Å². The van der Waals surface area contributed by atoms with Crippen LogP contribution in [0.1, 0.15) is 46.5 Å². The van der Waals surface area contributed by atoms with E-state index < -0.39 is 0 Å². The van der Waals surface area contributed by atoms with Crippen LogP contribution in [0.2, 0.25) is 0 Å². The molecule has 0 atom stereocenters. The molecule has 0 aliphatic heterocycles. The van der Waals surface area contributed by atoms with Crippen molar-refractivity contribution in [2.45, 2.75) is 46.5 Å². The summed E-state index contributed by atoms with van der Waals surface area (Å²) in [6, 6.07) is 0. The Morgan fingerprint density at radius 2 is 1.92 bits per heavy atom. The van der Waals surface area contributed by atoms with Crippen molar-refractivity contribution in [3.05, 3.63) is 0 Å². The molecule has 0 aromatic heterocycles. The Hall–Kier alpha value is -0.530. The summed E-state index contributed by atoms with van der Waals surface area (Å²) in [5, 5.41) is 0. The molecule has 1 aliphatic carbocycles. The summed E-state index contributed by atoms with van der Waals surface area (Å²) in [5.74, 6) is -0.0910. The summed E-state index contributed by atoms with van der Waals surface area (Å²) in [4.78, 5) is 11.0. The summed E-state index contributed by atoms with van der Waals surface area (Å²) in [6.07, 6.45) is 4.10. The molecule has 1 saturated carbocycles. The highest BCUT2D eigenvalue weighted by molar-refractivity contribution is 5.83. The first-order valence-electron chi connectivity index (χ1n) is 4.66. The van der Waals surface area contributed by atoms with E-state index in [1.165, 1.54) is 0 Å². The summed E-state index contributed by atoms with van der Waals surface area (Å²) < 4.78 is 0. The van der Waals surface area contributed by atoms with Gasteiger partial charge < -0.3 is 5.73 Å². The zero-order valence-electron chi connectivity index (χ0n) is 8.31. The molecular weight excluding hydrogens is 150 g/mol. The van der Waals surface area contributed by atoms with Gasteiger partial charge in [0.05, 0.1) is 0 Å². The molecule has 12 heavy (non-hydrogen) atoms. The fraction of sp³-hybridized carbons (Fsp3) is 0.900. The molecule has 0 saturated heterocycles. The molecule has 0 aromatic rings. The van der Waals surface area contributed by atoms with Crippen LogP contribution in [0.5, 0.6) is 0 Å². The lowest BCUT2D eigenvalue weighted by atomic mass is 9.85. The second-order valence-corrected chi connectivity index (χ2v) is 5.21. The van der Waals surface area contributed by atoms with Gasteiger partial charge in [-0.25, -0.2) is 0 Å². The lowest BCUT2D eigenvalue weighted by Gasteiger charge is -2.20. The van der Waals surface area contributed by atoms with Crippen molar-refractivity contribution < 1.29 is 4.79 Å². The van der Waals surface area contributed by atoms with E-state index in [4.69, 9.17) is 5.73 Å². The molecule has 70 valence electrons. The van der Waals surface area contributed by atoms with E-state index in [0.29, 0.717) is 5.41 Å². The Morgan fingerprint density at radius 3 is 2.17 bits per heavy atom. The molecule has 2 N–H and O–H groups in total. The van der Waals surface area contributed by atoms with E-state index in [2.05, 4.69) is 20.8 Å². The summed E-state index contributed by atoms with van der Waals surface area (Å²) >= 11 is 0. The zero-order valence-corrected chi connectivity index (χ0v) is 8.31. The number of carbonyl (C=O) groups excluding carboxylic acids is 1. The highest BCUT2D eigenvalue weighted by Crippen LogP contribution is 2.50. The first kappa shape index (κ1) is 9.56. The monoisotopic (exact) mass is 169 g/mol. The minimum Gasteiger partial charge on any atom is -0.369 e. The van der Waals surface area contributed by atoms with Gasteiger partial charge in [0.15, 0.2) is 0 Å². The van der Waals surface area contributed by atoms with Crippen LogP contribution in [0.25, 0.3) is 0 Å². The van der Waals surface area contributed by atoms with Crippen LogP contribution in [0.15, 0.2) is 0 Å². The van der Waals surface area contributed by atoms with Gasteiger partial charge in [-0.15, -0.1) is 0 Å². The molecule has 0 spiro atoms. The molecule has 1 fully saturated rings. The van der Waals surface area contributed by atoms with E-state index in [1.807, 2.05) is 0 Å². The Labute approximate surface area is 74.5 Å². The average molecular weight is 169 g/mol.